The number of carbonyl (C=O) groups excluding carboxylic acids is 2. The number of piperidine rings is 2. The monoisotopic (exact) mass is 373 g/mol. The van der Waals surface area contributed by atoms with Crippen LogP contribution in [0.15, 0.2) is 30.3 Å². The fraction of sp³-hybridized carbons (Fsp3) is 0.619. The van der Waals surface area contributed by atoms with Gasteiger partial charge in [-0.25, -0.2) is 0 Å². The molecule has 1 spiro atoms. The molecule has 1 aromatic carbocycles. The average Bonchev–Trinajstić information content (AvgIpc) is 2.69. The van der Waals surface area contributed by atoms with E-state index in [4.69, 9.17) is 4.74 Å². The highest BCUT2D eigenvalue weighted by Crippen LogP contribution is 2.38. The highest BCUT2D eigenvalue weighted by molar-refractivity contribution is 5.81. The Kier molecular flexibility index (Phi) is 6.37. The van der Waals surface area contributed by atoms with Gasteiger partial charge < -0.3 is 19.4 Å². The first kappa shape index (κ1) is 19.7. The van der Waals surface area contributed by atoms with Crippen molar-refractivity contribution in [2.45, 2.75) is 25.7 Å². The summed E-state index contributed by atoms with van der Waals surface area (Å²) < 4.78 is 5.15. The van der Waals surface area contributed by atoms with Crippen LogP contribution in [0.2, 0.25) is 0 Å². The van der Waals surface area contributed by atoms with E-state index in [0.29, 0.717) is 26.1 Å². The maximum Gasteiger partial charge on any atom is 0.242 e. The van der Waals surface area contributed by atoms with Gasteiger partial charge in [-0.05, 0) is 31.4 Å². The predicted molar refractivity (Wildman–Crippen MR) is 106 cm³/mol. The molecule has 2 aliphatic heterocycles. The standard InChI is InChI=1S/C21H31N3O3/c1-22(18-7-4-3-5-8-18)15-20(26)23-12-6-10-21(16-23)11-9-19(25)24(17-21)13-14-27-2/h3-5,7-8H,6,9-17H2,1-2H3/t21-/m0/s1. The van der Waals surface area contributed by atoms with Gasteiger partial charge in [0.25, 0.3) is 0 Å². The van der Waals surface area contributed by atoms with Gasteiger partial charge in [-0.2, -0.15) is 0 Å². The van der Waals surface area contributed by atoms with Crippen molar-refractivity contribution >= 4 is 17.5 Å². The van der Waals surface area contributed by atoms with Crippen LogP contribution >= 0.6 is 0 Å². The Morgan fingerprint density at radius 3 is 2.74 bits per heavy atom. The van der Waals surface area contributed by atoms with Crippen molar-refractivity contribution in [3.05, 3.63) is 30.3 Å². The van der Waals surface area contributed by atoms with Crippen molar-refractivity contribution in [1.29, 1.82) is 0 Å². The Labute approximate surface area is 162 Å². The second kappa shape index (κ2) is 8.74. The van der Waals surface area contributed by atoms with Gasteiger partial charge in [0, 0.05) is 57.9 Å². The Morgan fingerprint density at radius 1 is 1.22 bits per heavy atom. The van der Waals surface area contributed by atoms with Crippen LogP contribution in [0.1, 0.15) is 25.7 Å². The summed E-state index contributed by atoms with van der Waals surface area (Å²) in [5.41, 5.74) is 1.09. The molecular formula is C21H31N3O3. The Balaban J connectivity index is 1.61. The molecule has 6 heteroatoms. The minimum absolute atomic E-state index is 0.0425. The van der Waals surface area contributed by atoms with E-state index in [1.165, 1.54) is 0 Å². The lowest BCUT2D eigenvalue weighted by Gasteiger charge is -2.48. The molecule has 0 unspecified atom stereocenters. The van der Waals surface area contributed by atoms with E-state index >= 15 is 0 Å². The molecule has 0 bridgehead atoms. The van der Waals surface area contributed by atoms with Crippen molar-refractivity contribution in [1.82, 2.24) is 9.80 Å². The van der Waals surface area contributed by atoms with Crippen LogP contribution in [0.25, 0.3) is 0 Å². The molecule has 27 heavy (non-hydrogen) atoms. The van der Waals surface area contributed by atoms with Crippen molar-refractivity contribution in [2.24, 2.45) is 5.41 Å². The number of rotatable bonds is 6. The van der Waals surface area contributed by atoms with Gasteiger partial charge in [0.05, 0.1) is 13.2 Å². The normalized spacial score (nSPS) is 23.0. The van der Waals surface area contributed by atoms with Gasteiger partial charge in [-0.1, -0.05) is 18.2 Å². The largest absolute Gasteiger partial charge is 0.383 e. The van der Waals surface area contributed by atoms with Gasteiger partial charge in [-0.3, -0.25) is 9.59 Å². The van der Waals surface area contributed by atoms with Gasteiger partial charge in [0.1, 0.15) is 0 Å². The number of benzene rings is 1. The van der Waals surface area contributed by atoms with Crippen LogP contribution < -0.4 is 4.90 Å². The van der Waals surface area contributed by atoms with Crippen LogP contribution in [0.4, 0.5) is 5.69 Å². The molecule has 148 valence electrons. The van der Waals surface area contributed by atoms with E-state index < -0.39 is 0 Å². The molecule has 2 amide bonds. The summed E-state index contributed by atoms with van der Waals surface area (Å²) in [7, 11) is 3.62. The molecule has 0 aromatic heterocycles. The van der Waals surface area contributed by atoms with Crippen LogP contribution in [0, 0.1) is 5.41 Å². The highest BCUT2D eigenvalue weighted by atomic mass is 16.5. The van der Waals surface area contributed by atoms with Crippen LogP contribution in [0.5, 0.6) is 0 Å². The topological polar surface area (TPSA) is 53.1 Å². The first-order valence-electron chi connectivity index (χ1n) is 9.84. The number of para-hydroxylation sites is 1. The lowest BCUT2D eigenvalue weighted by molar-refractivity contribution is -0.143. The van der Waals surface area contributed by atoms with E-state index in [1.54, 1.807) is 7.11 Å². The highest BCUT2D eigenvalue weighted by Gasteiger charge is 2.42. The smallest absolute Gasteiger partial charge is 0.242 e. The van der Waals surface area contributed by atoms with E-state index in [1.807, 2.05) is 52.1 Å². The summed E-state index contributed by atoms with van der Waals surface area (Å²) in [6.07, 6.45) is 3.55. The minimum Gasteiger partial charge on any atom is -0.383 e. The molecule has 2 aliphatic rings. The number of carbonyl (C=O) groups is 2. The number of anilines is 1. The van der Waals surface area contributed by atoms with Crippen molar-refractivity contribution < 1.29 is 14.3 Å². The Bertz CT molecular complexity index is 651. The molecule has 0 saturated carbocycles. The molecule has 1 aromatic rings. The van der Waals surface area contributed by atoms with E-state index in [0.717, 1.165) is 44.6 Å². The van der Waals surface area contributed by atoms with Gasteiger partial charge in [-0.15, -0.1) is 0 Å². The van der Waals surface area contributed by atoms with Crippen LogP contribution in [-0.2, 0) is 14.3 Å². The summed E-state index contributed by atoms with van der Waals surface area (Å²) in [6, 6.07) is 9.99. The molecule has 0 aliphatic carbocycles. The van der Waals surface area contributed by atoms with Crippen molar-refractivity contribution in [3.8, 4) is 0 Å². The summed E-state index contributed by atoms with van der Waals surface area (Å²) in [5.74, 6) is 0.380. The molecule has 2 saturated heterocycles. The SMILES string of the molecule is COCCN1C[C@@]2(CCCN(C(=O)CN(C)c3ccccc3)C2)CCC1=O. The number of amides is 2. The van der Waals surface area contributed by atoms with Crippen molar-refractivity contribution in [2.75, 3.05) is 58.4 Å². The third-order valence-electron chi connectivity index (χ3n) is 5.90. The van der Waals surface area contributed by atoms with E-state index in [9.17, 15) is 9.59 Å². The molecule has 0 radical (unpaired) electrons. The number of likely N-dealkylation sites (N-methyl/N-ethyl adjacent to an activating group) is 1. The fourth-order valence-electron chi connectivity index (χ4n) is 4.34. The third-order valence-corrected chi connectivity index (χ3v) is 5.90. The number of nitrogens with zero attached hydrogens (tertiary/aromatic N) is 3. The van der Waals surface area contributed by atoms with Gasteiger partial charge in [0.15, 0.2) is 0 Å². The van der Waals surface area contributed by atoms with E-state index in [-0.39, 0.29) is 17.2 Å². The van der Waals surface area contributed by atoms with Crippen LogP contribution in [-0.4, -0.2) is 75.1 Å². The average molecular weight is 373 g/mol. The number of hydrogen-bond donors (Lipinski definition) is 0. The fourth-order valence-corrected chi connectivity index (χ4v) is 4.34. The summed E-state index contributed by atoms with van der Waals surface area (Å²) in [4.78, 5) is 31.1. The maximum absolute atomic E-state index is 12.9. The number of ether oxygens (including phenoxy) is 1. The quantitative estimate of drug-likeness (QED) is 0.765. The summed E-state index contributed by atoms with van der Waals surface area (Å²) >= 11 is 0. The minimum atomic E-state index is 0.0425. The van der Waals surface area contributed by atoms with Gasteiger partial charge in [0.2, 0.25) is 11.8 Å². The number of methoxy groups -OCH3 is 1. The molecule has 2 fully saturated rings. The Hall–Kier alpha value is -2.08. The second-order valence-corrected chi connectivity index (χ2v) is 7.92. The summed E-state index contributed by atoms with van der Waals surface area (Å²) in [6.45, 7) is 3.90. The molecular weight excluding hydrogens is 342 g/mol. The molecule has 0 N–H and O–H groups in total. The van der Waals surface area contributed by atoms with Crippen molar-refractivity contribution in [3.63, 3.8) is 0 Å². The molecule has 3 rings (SSSR count). The molecule has 2 heterocycles. The zero-order valence-corrected chi connectivity index (χ0v) is 16.5. The Morgan fingerprint density at radius 2 is 2.00 bits per heavy atom. The first-order valence-corrected chi connectivity index (χ1v) is 9.84. The molecule has 6 nitrogen and oxygen atoms in total. The third kappa shape index (κ3) is 4.80. The first-order chi connectivity index (χ1) is 13.0. The second-order valence-electron chi connectivity index (χ2n) is 7.92. The molecule has 1 atom stereocenters. The van der Waals surface area contributed by atoms with E-state index in [2.05, 4.69) is 0 Å². The number of likely N-dealkylation sites (tertiary alicyclic amines) is 2. The van der Waals surface area contributed by atoms with Gasteiger partial charge >= 0.3 is 0 Å². The zero-order chi connectivity index (χ0) is 19.3. The van der Waals surface area contributed by atoms with Crippen LogP contribution in [0.3, 0.4) is 0 Å². The number of hydrogen-bond acceptors (Lipinski definition) is 4. The lowest BCUT2D eigenvalue weighted by atomic mass is 9.73. The lowest BCUT2D eigenvalue weighted by Crippen LogP contribution is -2.56. The maximum atomic E-state index is 12.9. The predicted octanol–water partition coefficient (Wildman–Crippen LogP) is 2.00. The zero-order valence-electron chi connectivity index (χ0n) is 16.5. The summed E-state index contributed by atoms with van der Waals surface area (Å²) in [5, 5.41) is 0.